The van der Waals surface area contributed by atoms with Crippen molar-refractivity contribution >= 4 is 38.3 Å². The van der Waals surface area contributed by atoms with Crippen LogP contribution in [-0.2, 0) is 10.0 Å². The van der Waals surface area contributed by atoms with E-state index in [1.807, 2.05) is 19.9 Å². The minimum absolute atomic E-state index is 0.0952. The number of aryl methyl sites for hydroxylation is 2. The maximum atomic E-state index is 11.7. The van der Waals surface area contributed by atoms with Crippen LogP contribution >= 0.6 is 11.5 Å². The van der Waals surface area contributed by atoms with Gasteiger partial charge in [0.2, 0.25) is 16.0 Å². The molecule has 142 valence electrons. The van der Waals surface area contributed by atoms with Crippen molar-refractivity contribution in [2.24, 2.45) is 5.41 Å². The van der Waals surface area contributed by atoms with Gasteiger partial charge in [0.1, 0.15) is 10.8 Å². The normalized spacial score (nSPS) is 16.4. The molecule has 3 heterocycles. The van der Waals surface area contributed by atoms with E-state index in [1.54, 1.807) is 13.1 Å². The fourth-order valence-electron chi connectivity index (χ4n) is 2.87. The fourth-order valence-corrected chi connectivity index (χ4v) is 4.30. The molecule has 1 aliphatic rings. The van der Waals surface area contributed by atoms with Gasteiger partial charge in [0.05, 0.1) is 11.4 Å². The van der Waals surface area contributed by atoms with Crippen molar-refractivity contribution in [3.05, 3.63) is 23.5 Å². The second-order valence-electron chi connectivity index (χ2n) is 7.05. The molecular formula is C16H24N6O2S2. The average Bonchev–Trinajstić information content (AvgIpc) is 2.97. The SMILES string of the molecule is CCS(=O)(=O)NCC1(C)CN(c2nc(Nc3cc(C)ns3)ncc2C)C1. The Hall–Kier alpha value is -1.78. The van der Waals surface area contributed by atoms with Gasteiger partial charge in [-0.15, -0.1) is 0 Å². The Bertz CT molecular complexity index is 890. The predicted molar refractivity (Wildman–Crippen MR) is 105 cm³/mol. The van der Waals surface area contributed by atoms with E-state index in [1.165, 1.54) is 11.5 Å². The number of hydrogen-bond acceptors (Lipinski definition) is 8. The Morgan fingerprint density at radius 2 is 2.08 bits per heavy atom. The van der Waals surface area contributed by atoms with Gasteiger partial charge in [-0.1, -0.05) is 6.92 Å². The Morgan fingerprint density at radius 1 is 1.35 bits per heavy atom. The lowest BCUT2D eigenvalue weighted by atomic mass is 9.82. The summed E-state index contributed by atoms with van der Waals surface area (Å²) in [5, 5.41) is 4.09. The highest BCUT2D eigenvalue weighted by Crippen LogP contribution is 2.34. The van der Waals surface area contributed by atoms with Crippen molar-refractivity contribution in [3.63, 3.8) is 0 Å². The van der Waals surface area contributed by atoms with Crippen LogP contribution in [0.25, 0.3) is 0 Å². The summed E-state index contributed by atoms with van der Waals surface area (Å²) in [6, 6.07) is 1.95. The van der Waals surface area contributed by atoms with Crippen LogP contribution < -0.4 is 14.9 Å². The molecule has 0 aromatic carbocycles. The van der Waals surface area contributed by atoms with Crippen LogP contribution in [0.15, 0.2) is 12.3 Å². The van der Waals surface area contributed by atoms with E-state index in [2.05, 4.69) is 36.2 Å². The first-order valence-corrected chi connectivity index (χ1v) is 10.9. The average molecular weight is 397 g/mol. The Balaban J connectivity index is 1.66. The third-order valence-electron chi connectivity index (χ3n) is 4.35. The monoisotopic (exact) mass is 396 g/mol. The molecule has 3 rings (SSSR count). The van der Waals surface area contributed by atoms with Crippen molar-refractivity contribution in [1.29, 1.82) is 0 Å². The molecule has 1 aliphatic heterocycles. The zero-order chi connectivity index (χ0) is 18.9. The number of nitrogens with one attached hydrogen (secondary N) is 2. The fraction of sp³-hybridized carbons (Fsp3) is 0.562. The van der Waals surface area contributed by atoms with Crippen molar-refractivity contribution < 1.29 is 8.42 Å². The van der Waals surface area contributed by atoms with E-state index in [0.717, 1.165) is 35.2 Å². The minimum Gasteiger partial charge on any atom is -0.355 e. The van der Waals surface area contributed by atoms with E-state index in [9.17, 15) is 8.42 Å². The van der Waals surface area contributed by atoms with Gasteiger partial charge in [0, 0.05) is 36.8 Å². The molecule has 1 saturated heterocycles. The first-order chi connectivity index (χ1) is 12.2. The van der Waals surface area contributed by atoms with Crippen molar-refractivity contribution in [2.75, 3.05) is 35.6 Å². The van der Waals surface area contributed by atoms with Gasteiger partial charge in [-0.3, -0.25) is 0 Å². The number of rotatable bonds is 7. The van der Waals surface area contributed by atoms with Gasteiger partial charge in [0.15, 0.2) is 0 Å². The molecule has 0 spiro atoms. The highest BCUT2D eigenvalue weighted by molar-refractivity contribution is 7.89. The number of hydrogen-bond donors (Lipinski definition) is 2. The van der Waals surface area contributed by atoms with E-state index in [4.69, 9.17) is 0 Å². The molecule has 0 amide bonds. The molecule has 2 aromatic rings. The lowest BCUT2D eigenvalue weighted by Gasteiger charge is -2.49. The number of aromatic nitrogens is 3. The van der Waals surface area contributed by atoms with Crippen LogP contribution in [0.3, 0.4) is 0 Å². The summed E-state index contributed by atoms with van der Waals surface area (Å²) in [4.78, 5) is 11.1. The molecule has 1 fully saturated rings. The molecule has 0 unspecified atom stereocenters. The van der Waals surface area contributed by atoms with Gasteiger partial charge in [-0.2, -0.15) is 9.36 Å². The summed E-state index contributed by atoms with van der Waals surface area (Å²) in [5.41, 5.74) is 1.85. The summed E-state index contributed by atoms with van der Waals surface area (Å²) in [5.74, 6) is 1.51. The molecule has 10 heteroatoms. The lowest BCUT2D eigenvalue weighted by Crippen LogP contribution is -2.60. The number of nitrogens with zero attached hydrogens (tertiary/aromatic N) is 4. The maximum Gasteiger partial charge on any atom is 0.229 e. The summed E-state index contributed by atoms with van der Waals surface area (Å²) in [6.45, 7) is 9.57. The standard InChI is InChI=1S/C16H24N6O2S2/c1-5-26(23,24)18-8-16(4)9-22(10-16)14-11(2)7-17-15(20-14)19-13-6-12(3)21-25-13/h6-7,18H,5,8-10H2,1-4H3,(H,17,19,20). The minimum atomic E-state index is -3.17. The Kier molecular flexibility index (Phi) is 5.18. The number of sulfonamides is 1. The van der Waals surface area contributed by atoms with Gasteiger partial charge >= 0.3 is 0 Å². The Labute approximate surface area is 158 Å². The molecule has 0 saturated carbocycles. The highest BCUT2D eigenvalue weighted by Gasteiger charge is 2.40. The van der Waals surface area contributed by atoms with Gasteiger partial charge in [-0.25, -0.2) is 18.1 Å². The van der Waals surface area contributed by atoms with Crippen molar-refractivity contribution in [1.82, 2.24) is 19.1 Å². The summed E-state index contributed by atoms with van der Waals surface area (Å²) in [6.07, 6.45) is 1.80. The van der Waals surface area contributed by atoms with Crippen LogP contribution in [0, 0.1) is 19.3 Å². The van der Waals surface area contributed by atoms with Crippen LogP contribution in [0.1, 0.15) is 25.1 Å². The number of anilines is 3. The third-order valence-corrected chi connectivity index (χ3v) is 6.49. The van der Waals surface area contributed by atoms with Crippen molar-refractivity contribution in [2.45, 2.75) is 27.7 Å². The largest absolute Gasteiger partial charge is 0.355 e. The van der Waals surface area contributed by atoms with Crippen LogP contribution in [0.2, 0.25) is 0 Å². The van der Waals surface area contributed by atoms with Crippen LogP contribution in [0.5, 0.6) is 0 Å². The van der Waals surface area contributed by atoms with Crippen molar-refractivity contribution in [3.8, 4) is 0 Å². The van der Waals surface area contributed by atoms with Gasteiger partial charge in [0.25, 0.3) is 0 Å². The molecule has 26 heavy (non-hydrogen) atoms. The van der Waals surface area contributed by atoms with Crippen LogP contribution in [0.4, 0.5) is 16.8 Å². The summed E-state index contributed by atoms with van der Waals surface area (Å²) in [7, 11) is -3.17. The molecular weight excluding hydrogens is 372 g/mol. The maximum absolute atomic E-state index is 11.7. The topological polar surface area (TPSA) is 100 Å². The zero-order valence-corrected chi connectivity index (χ0v) is 17.0. The summed E-state index contributed by atoms with van der Waals surface area (Å²) < 4.78 is 30.2. The second-order valence-corrected chi connectivity index (χ2v) is 9.95. The molecule has 8 nitrogen and oxygen atoms in total. The second kappa shape index (κ2) is 7.09. The van der Waals surface area contributed by atoms with Crippen LogP contribution in [-0.4, -0.2) is 48.1 Å². The van der Waals surface area contributed by atoms with E-state index >= 15 is 0 Å². The first-order valence-electron chi connectivity index (χ1n) is 8.46. The zero-order valence-electron chi connectivity index (χ0n) is 15.4. The molecule has 0 aliphatic carbocycles. The van der Waals surface area contributed by atoms with E-state index < -0.39 is 10.0 Å². The smallest absolute Gasteiger partial charge is 0.229 e. The first kappa shape index (κ1) is 19.0. The molecule has 0 bridgehead atoms. The predicted octanol–water partition coefficient (Wildman–Crippen LogP) is 2.06. The third kappa shape index (κ3) is 4.30. The quantitative estimate of drug-likeness (QED) is 0.739. The van der Waals surface area contributed by atoms with E-state index in [-0.39, 0.29) is 11.2 Å². The molecule has 2 aromatic heterocycles. The molecule has 2 N–H and O–H groups in total. The van der Waals surface area contributed by atoms with E-state index in [0.29, 0.717) is 12.5 Å². The molecule has 0 atom stereocenters. The van der Waals surface area contributed by atoms with Gasteiger partial charge in [-0.05, 0) is 38.4 Å². The van der Waals surface area contributed by atoms with Gasteiger partial charge < -0.3 is 10.2 Å². The highest BCUT2D eigenvalue weighted by atomic mass is 32.2. The molecule has 0 radical (unpaired) electrons. The Morgan fingerprint density at radius 3 is 2.69 bits per heavy atom. The lowest BCUT2D eigenvalue weighted by molar-refractivity contribution is 0.244. The summed E-state index contributed by atoms with van der Waals surface area (Å²) >= 11 is 1.37.